The van der Waals surface area contributed by atoms with Crippen molar-refractivity contribution in [3.05, 3.63) is 17.6 Å². The minimum atomic E-state index is -2.46. The Morgan fingerprint density at radius 3 is 2.65 bits per heavy atom. The summed E-state index contributed by atoms with van der Waals surface area (Å²) in [6.07, 6.45) is -1.74. The molecule has 1 aromatic rings. The number of rotatable bonds is 6. The van der Waals surface area contributed by atoms with Crippen molar-refractivity contribution in [2.75, 3.05) is 24.6 Å². The molecule has 1 N–H and O–H groups in total. The second-order valence-electron chi connectivity index (χ2n) is 3.68. The van der Waals surface area contributed by atoms with Gasteiger partial charge in [0.15, 0.2) is 0 Å². The smallest absolute Gasteiger partial charge is 0.255 e. The van der Waals surface area contributed by atoms with Crippen LogP contribution in [0.15, 0.2) is 6.07 Å². The fourth-order valence-corrected chi connectivity index (χ4v) is 1.54. The van der Waals surface area contributed by atoms with Gasteiger partial charge in [0.2, 0.25) is 0 Å². The Labute approximate surface area is 99.3 Å². The molecule has 0 aliphatic rings. The number of aromatic nitrogens is 2. The normalized spacial score (nSPS) is 10.9. The fourth-order valence-electron chi connectivity index (χ4n) is 1.54. The summed E-state index contributed by atoms with van der Waals surface area (Å²) in [6.45, 7) is 3.19. The SMILES string of the molecule is CCc1cc(N(CCO)CC(F)F)nc(C)n1. The van der Waals surface area contributed by atoms with Crippen LogP contribution >= 0.6 is 0 Å². The van der Waals surface area contributed by atoms with Gasteiger partial charge in [-0.2, -0.15) is 0 Å². The van der Waals surface area contributed by atoms with Gasteiger partial charge >= 0.3 is 0 Å². The highest BCUT2D eigenvalue weighted by Gasteiger charge is 2.14. The monoisotopic (exact) mass is 245 g/mol. The van der Waals surface area contributed by atoms with Crippen LogP contribution in [0, 0.1) is 6.92 Å². The van der Waals surface area contributed by atoms with Gasteiger partial charge in [0.25, 0.3) is 6.43 Å². The van der Waals surface area contributed by atoms with E-state index in [0.29, 0.717) is 11.6 Å². The molecule has 0 fully saturated rings. The molecule has 0 aliphatic carbocycles. The van der Waals surface area contributed by atoms with Crippen LogP contribution in [0.1, 0.15) is 18.4 Å². The van der Waals surface area contributed by atoms with Crippen LogP contribution in [-0.2, 0) is 6.42 Å². The van der Waals surface area contributed by atoms with E-state index in [9.17, 15) is 8.78 Å². The fraction of sp³-hybridized carbons (Fsp3) is 0.636. The van der Waals surface area contributed by atoms with E-state index in [0.717, 1.165) is 12.1 Å². The minimum Gasteiger partial charge on any atom is -0.395 e. The molecule has 4 nitrogen and oxygen atoms in total. The zero-order chi connectivity index (χ0) is 12.8. The molecular formula is C11H17F2N3O. The van der Waals surface area contributed by atoms with Crippen molar-refractivity contribution in [1.82, 2.24) is 9.97 Å². The average molecular weight is 245 g/mol. The summed E-state index contributed by atoms with van der Waals surface area (Å²) in [4.78, 5) is 9.68. The lowest BCUT2D eigenvalue weighted by atomic mass is 10.3. The first kappa shape index (κ1) is 13.8. The second-order valence-corrected chi connectivity index (χ2v) is 3.68. The maximum Gasteiger partial charge on any atom is 0.255 e. The van der Waals surface area contributed by atoms with Crippen molar-refractivity contribution in [1.29, 1.82) is 0 Å². The Kier molecular flexibility index (Phi) is 5.21. The van der Waals surface area contributed by atoms with Gasteiger partial charge in [-0.15, -0.1) is 0 Å². The van der Waals surface area contributed by atoms with E-state index in [-0.39, 0.29) is 13.2 Å². The highest BCUT2D eigenvalue weighted by Crippen LogP contribution is 2.14. The summed E-state index contributed by atoms with van der Waals surface area (Å²) in [7, 11) is 0. The topological polar surface area (TPSA) is 49.2 Å². The number of anilines is 1. The van der Waals surface area contributed by atoms with Crippen molar-refractivity contribution < 1.29 is 13.9 Å². The lowest BCUT2D eigenvalue weighted by Gasteiger charge is -2.22. The third-order valence-electron chi connectivity index (χ3n) is 2.29. The summed E-state index contributed by atoms with van der Waals surface area (Å²) in [5, 5.41) is 8.88. The van der Waals surface area contributed by atoms with Crippen LogP contribution < -0.4 is 4.90 Å². The number of nitrogens with zero attached hydrogens (tertiary/aromatic N) is 3. The van der Waals surface area contributed by atoms with E-state index in [1.54, 1.807) is 13.0 Å². The van der Waals surface area contributed by atoms with Gasteiger partial charge in [0, 0.05) is 18.3 Å². The van der Waals surface area contributed by atoms with E-state index >= 15 is 0 Å². The number of aliphatic hydroxyl groups excluding tert-OH is 1. The van der Waals surface area contributed by atoms with Gasteiger partial charge < -0.3 is 10.0 Å². The summed E-state index contributed by atoms with van der Waals surface area (Å²) >= 11 is 0. The van der Waals surface area contributed by atoms with E-state index in [4.69, 9.17) is 5.11 Å². The van der Waals surface area contributed by atoms with E-state index in [1.807, 2.05) is 6.92 Å². The summed E-state index contributed by atoms with van der Waals surface area (Å²) in [5.74, 6) is 1.00. The molecular weight excluding hydrogens is 228 g/mol. The van der Waals surface area contributed by atoms with Crippen LogP contribution in [-0.4, -0.2) is 41.2 Å². The van der Waals surface area contributed by atoms with Crippen molar-refractivity contribution >= 4 is 5.82 Å². The van der Waals surface area contributed by atoms with Crippen molar-refractivity contribution in [3.63, 3.8) is 0 Å². The van der Waals surface area contributed by atoms with Crippen LogP contribution in [0.3, 0.4) is 0 Å². The van der Waals surface area contributed by atoms with Crippen molar-refractivity contribution in [3.8, 4) is 0 Å². The zero-order valence-corrected chi connectivity index (χ0v) is 10.0. The largest absolute Gasteiger partial charge is 0.395 e. The number of hydrogen-bond acceptors (Lipinski definition) is 4. The van der Waals surface area contributed by atoms with Crippen LogP contribution in [0.4, 0.5) is 14.6 Å². The molecule has 1 rings (SSSR count). The number of aryl methyl sites for hydroxylation is 2. The first-order chi connectivity index (χ1) is 8.06. The van der Waals surface area contributed by atoms with Gasteiger partial charge in [0.05, 0.1) is 13.2 Å². The highest BCUT2D eigenvalue weighted by molar-refractivity contribution is 5.40. The van der Waals surface area contributed by atoms with Gasteiger partial charge in [-0.1, -0.05) is 6.92 Å². The third kappa shape index (κ3) is 4.22. The maximum atomic E-state index is 12.4. The highest BCUT2D eigenvalue weighted by atomic mass is 19.3. The van der Waals surface area contributed by atoms with Crippen LogP contribution in [0.25, 0.3) is 0 Å². The lowest BCUT2D eigenvalue weighted by Crippen LogP contribution is -2.32. The molecule has 0 spiro atoms. The number of aliphatic hydroxyl groups is 1. The molecule has 96 valence electrons. The Morgan fingerprint density at radius 1 is 1.41 bits per heavy atom. The minimum absolute atomic E-state index is 0.143. The van der Waals surface area contributed by atoms with Gasteiger partial charge in [-0.3, -0.25) is 0 Å². The summed E-state index contributed by atoms with van der Waals surface area (Å²) < 4.78 is 24.8. The molecule has 0 bridgehead atoms. The van der Waals surface area contributed by atoms with Gasteiger partial charge in [-0.05, 0) is 13.3 Å². The molecule has 17 heavy (non-hydrogen) atoms. The maximum absolute atomic E-state index is 12.4. The second kappa shape index (κ2) is 6.44. The molecule has 0 unspecified atom stereocenters. The Hall–Kier alpha value is -1.30. The van der Waals surface area contributed by atoms with Crippen molar-refractivity contribution in [2.45, 2.75) is 26.7 Å². The molecule has 1 heterocycles. The number of alkyl halides is 2. The molecule has 0 saturated carbocycles. The van der Waals surface area contributed by atoms with Crippen LogP contribution in [0.5, 0.6) is 0 Å². The molecule has 0 radical (unpaired) electrons. The summed E-state index contributed by atoms with van der Waals surface area (Å²) in [5.41, 5.74) is 0.810. The zero-order valence-electron chi connectivity index (χ0n) is 10.0. The number of halogens is 2. The summed E-state index contributed by atoms with van der Waals surface area (Å²) in [6, 6.07) is 1.69. The number of hydrogen-bond donors (Lipinski definition) is 1. The quantitative estimate of drug-likeness (QED) is 0.823. The molecule has 1 aromatic heterocycles. The first-order valence-corrected chi connectivity index (χ1v) is 5.55. The van der Waals surface area contributed by atoms with E-state index in [1.165, 1.54) is 4.90 Å². The molecule has 0 atom stereocenters. The Balaban J connectivity index is 2.95. The predicted octanol–water partition coefficient (Wildman–Crippen LogP) is 1.41. The average Bonchev–Trinajstić information content (AvgIpc) is 2.27. The molecule has 0 amide bonds. The predicted molar refractivity (Wildman–Crippen MR) is 61.4 cm³/mol. The van der Waals surface area contributed by atoms with E-state index < -0.39 is 13.0 Å². The molecule has 0 aliphatic heterocycles. The third-order valence-corrected chi connectivity index (χ3v) is 2.29. The van der Waals surface area contributed by atoms with Gasteiger partial charge in [-0.25, -0.2) is 18.7 Å². The van der Waals surface area contributed by atoms with E-state index in [2.05, 4.69) is 9.97 Å². The molecule has 0 aromatic carbocycles. The lowest BCUT2D eigenvalue weighted by molar-refractivity contribution is 0.152. The Bertz CT molecular complexity index is 361. The Morgan fingerprint density at radius 2 is 2.12 bits per heavy atom. The van der Waals surface area contributed by atoms with Crippen molar-refractivity contribution in [2.24, 2.45) is 0 Å². The molecule has 6 heteroatoms. The van der Waals surface area contributed by atoms with Crippen LogP contribution in [0.2, 0.25) is 0 Å². The van der Waals surface area contributed by atoms with Gasteiger partial charge in [0.1, 0.15) is 11.6 Å². The standard InChI is InChI=1S/C11H17F2N3O/c1-3-9-6-11(15-8(2)14-9)16(4-5-17)7-10(12)13/h6,10,17H,3-5,7H2,1-2H3. The first-order valence-electron chi connectivity index (χ1n) is 5.55. The molecule has 0 saturated heterocycles.